The highest BCUT2D eigenvalue weighted by atomic mass is 32.1. The minimum absolute atomic E-state index is 0.118. The Morgan fingerprint density at radius 1 is 1.09 bits per heavy atom. The van der Waals surface area contributed by atoms with Crippen LogP contribution in [0.4, 0.5) is 10.8 Å². The maximum Gasteiger partial charge on any atom is 0.278 e. The van der Waals surface area contributed by atoms with Crippen LogP contribution in [0, 0.1) is 0 Å². The Kier molecular flexibility index (Phi) is 4.40. The quantitative estimate of drug-likeness (QED) is 0.758. The number of benzene rings is 1. The second-order valence-corrected chi connectivity index (χ2v) is 6.01. The van der Waals surface area contributed by atoms with Crippen molar-refractivity contribution in [2.24, 2.45) is 0 Å². The molecule has 0 atom stereocenters. The molecule has 0 spiro atoms. The highest BCUT2D eigenvalue weighted by Gasteiger charge is 2.12. The molecule has 7 nitrogen and oxygen atoms in total. The molecular formula is C14H11N5O2S2. The van der Waals surface area contributed by atoms with Gasteiger partial charge in [0.25, 0.3) is 5.91 Å². The highest BCUT2D eigenvalue weighted by Crippen LogP contribution is 2.26. The average molecular weight is 345 g/mol. The molecular weight excluding hydrogens is 334 g/mol. The average Bonchev–Trinajstić information content (AvgIpc) is 3.18. The molecule has 9 heteroatoms. The molecule has 23 heavy (non-hydrogen) atoms. The third-order valence-corrected chi connectivity index (χ3v) is 4.08. The van der Waals surface area contributed by atoms with Gasteiger partial charge in [-0.2, -0.15) is 0 Å². The molecule has 0 unspecified atom stereocenters. The third-order valence-electron chi connectivity index (χ3n) is 2.82. The molecule has 0 saturated carbocycles. The topological polar surface area (TPSA) is 96.9 Å². The van der Waals surface area contributed by atoms with E-state index >= 15 is 0 Å². The molecule has 1 aromatic carbocycles. The molecule has 2 amide bonds. The summed E-state index contributed by atoms with van der Waals surface area (Å²) in [5, 5.41) is 13.0. The van der Waals surface area contributed by atoms with Gasteiger partial charge in [0, 0.05) is 28.9 Å². The summed E-state index contributed by atoms with van der Waals surface area (Å²) >= 11 is 2.44. The van der Waals surface area contributed by atoms with E-state index in [0.717, 1.165) is 28.5 Å². The van der Waals surface area contributed by atoms with Gasteiger partial charge in [0.15, 0.2) is 10.8 Å². The number of nitrogens with one attached hydrogen (secondary N) is 2. The molecule has 0 aliphatic rings. The molecule has 3 aromatic rings. The summed E-state index contributed by atoms with van der Waals surface area (Å²) in [7, 11) is 0. The van der Waals surface area contributed by atoms with E-state index in [1.54, 1.807) is 17.5 Å². The Morgan fingerprint density at radius 3 is 2.52 bits per heavy atom. The van der Waals surface area contributed by atoms with Crippen LogP contribution in [0.1, 0.15) is 17.4 Å². The molecule has 2 heterocycles. The Morgan fingerprint density at radius 2 is 1.87 bits per heavy atom. The van der Waals surface area contributed by atoms with Crippen molar-refractivity contribution in [2.75, 3.05) is 10.6 Å². The van der Waals surface area contributed by atoms with Gasteiger partial charge in [-0.05, 0) is 23.7 Å². The fourth-order valence-electron chi connectivity index (χ4n) is 1.82. The number of nitrogens with zero attached hydrogens (tertiary/aromatic N) is 3. The molecule has 2 aromatic heterocycles. The van der Waals surface area contributed by atoms with Gasteiger partial charge < -0.3 is 5.32 Å². The number of hydrogen-bond acceptors (Lipinski definition) is 7. The molecule has 0 radical (unpaired) electrons. The van der Waals surface area contributed by atoms with Crippen molar-refractivity contribution in [3.05, 3.63) is 40.7 Å². The molecule has 0 aliphatic carbocycles. The van der Waals surface area contributed by atoms with Gasteiger partial charge in [-0.3, -0.25) is 14.9 Å². The minimum atomic E-state index is -0.333. The molecule has 2 N–H and O–H groups in total. The summed E-state index contributed by atoms with van der Waals surface area (Å²) in [5.41, 5.74) is 2.63. The first kappa shape index (κ1) is 15.3. The zero-order chi connectivity index (χ0) is 16.2. The van der Waals surface area contributed by atoms with Crippen molar-refractivity contribution in [2.45, 2.75) is 6.92 Å². The Labute approximate surface area is 139 Å². The summed E-state index contributed by atoms with van der Waals surface area (Å²) in [6.45, 7) is 1.46. The van der Waals surface area contributed by atoms with Crippen LogP contribution >= 0.6 is 22.9 Å². The number of amides is 2. The van der Waals surface area contributed by atoms with E-state index < -0.39 is 0 Å². The van der Waals surface area contributed by atoms with Crippen LogP contribution in [-0.2, 0) is 4.79 Å². The monoisotopic (exact) mass is 345 g/mol. The van der Waals surface area contributed by atoms with Gasteiger partial charge in [0.05, 0.1) is 5.69 Å². The van der Waals surface area contributed by atoms with E-state index in [4.69, 9.17) is 0 Å². The number of carbonyl (C=O) groups excluding carboxylic acids is 2. The molecule has 116 valence electrons. The second kappa shape index (κ2) is 6.63. The summed E-state index contributed by atoms with van der Waals surface area (Å²) in [6.07, 6.45) is 0. The first-order chi connectivity index (χ1) is 11.1. The maximum absolute atomic E-state index is 11.9. The fraction of sp³-hybridized carbons (Fsp3) is 0.0714. The molecule has 3 rings (SSSR count). The standard InChI is InChI=1S/C14H11N5O2S2/c1-8(20)15-10-4-2-9(3-5-10)11-6-22-14(16-11)17-13(21)12-7-23-19-18-12/h2-7H,1H3,(H,15,20)(H,16,17,21). The van der Waals surface area contributed by atoms with E-state index in [2.05, 4.69) is 25.2 Å². The van der Waals surface area contributed by atoms with Crippen molar-refractivity contribution in [1.29, 1.82) is 0 Å². The number of aromatic nitrogens is 3. The molecule has 0 bridgehead atoms. The van der Waals surface area contributed by atoms with Gasteiger partial charge in [-0.25, -0.2) is 4.98 Å². The van der Waals surface area contributed by atoms with Crippen LogP contribution < -0.4 is 10.6 Å². The molecule has 0 saturated heterocycles. The summed E-state index contributed by atoms with van der Waals surface area (Å²) in [4.78, 5) is 27.3. The summed E-state index contributed by atoms with van der Waals surface area (Å²) in [6, 6.07) is 7.32. The Hall–Kier alpha value is -2.65. The van der Waals surface area contributed by atoms with E-state index in [-0.39, 0.29) is 17.5 Å². The van der Waals surface area contributed by atoms with E-state index in [0.29, 0.717) is 5.13 Å². The third kappa shape index (κ3) is 3.76. The maximum atomic E-state index is 11.9. The minimum Gasteiger partial charge on any atom is -0.326 e. The van der Waals surface area contributed by atoms with Gasteiger partial charge in [0.1, 0.15) is 0 Å². The Balaban J connectivity index is 1.71. The number of thiazole rings is 1. The van der Waals surface area contributed by atoms with E-state index in [1.807, 2.05) is 17.5 Å². The second-order valence-electron chi connectivity index (χ2n) is 4.54. The zero-order valence-corrected chi connectivity index (χ0v) is 13.6. The predicted molar refractivity (Wildman–Crippen MR) is 89.7 cm³/mol. The van der Waals surface area contributed by atoms with Crippen LogP contribution in [0.2, 0.25) is 0 Å². The van der Waals surface area contributed by atoms with Crippen molar-refractivity contribution in [3.8, 4) is 11.3 Å². The van der Waals surface area contributed by atoms with E-state index in [1.165, 1.54) is 18.3 Å². The van der Waals surface area contributed by atoms with Gasteiger partial charge in [-0.15, -0.1) is 16.4 Å². The number of carbonyl (C=O) groups is 2. The highest BCUT2D eigenvalue weighted by molar-refractivity contribution is 7.14. The molecule has 0 aliphatic heterocycles. The van der Waals surface area contributed by atoms with Crippen LogP contribution in [-0.4, -0.2) is 26.4 Å². The van der Waals surface area contributed by atoms with Crippen LogP contribution in [0.5, 0.6) is 0 Å². The largest absolute Gasteiger partial charge is 0.326 e. The van der Waals surface area contributed by atoms with Crippen molar-refractivity contribution < 1.29 is 9.59 Å². The number of hydrogen-bond donors (Lipinski definition) is 2. The number of rotatable bonds is 4. The lowest BCUT2D eigenvalue weighted by Crippen LogP contribution is -2.12. The smallest absolute Gasteiger partial charge is 0.278 e. The SMILES string of the molecule is CC(=O)Nc1ccc(-c2csc(NC(=O)c3csnn3)n2)cc1. The van der Waals surface area contributed by atoms with Crippen LogP contribution in [0.25, 0.3) is 11.3 Å². The number of anilines is 2. The first-order valence-electron chi connectivity index (χ1n) is 6.54. The van der Waals surface area contributed by atoms with Gasteiger partial charge in [0.2, 0.25) is 5.91 Å². The predicted octanol–water partition coefficient (Wildman–Crippen LogP) is 2.87. The summed E-state index contributed by atoms with van der Waals surface area (Å²) < 4.78 is 3.65. The lowest BCUT2D eigenvalue weighted by atomic mass is 10.1. The lowest BCUT2D eigenvalue weighted by molar-refractivity contribution is -0.114. The van der Waals surface area contributed by atoms with Crippen molar-refractivity contribution in [3.63, 3.8) is 0 Å². The first-order valence-corrected chi connectivity index (χ1v) is 8.25. The van der Waals surface area contributed by atoms with Crippen LogP contribution in [0.15, 0.2) is 35.0 Å². The zero-order valence-electron chi connectivity index (χ0n) is 11.9. The van der Waals surface area contributed by atoms with Crippen molar-refractivity contribution >= 4 is 45.5 Å². The summed E-state index contributed by atoms with van der Waals surface area (Å²) in [5.74, 6) is -0.450. The van der Waals surface area contributed by atoms with Gasteiger partial charge in [-0.1, -0.05) is 16.6 Å². The Bertz CT molecular complexity index is 827. The normalized spacial score (nSPS) is 10.3. The van der Waals surface area contributed by atoms with Crippen LogP contribution in [0.3, 0.4) is 0 Å². The fourth-order valence-corrected chi connectivity index (χ4v) is 2.97. The molecule has 0 fully saturated rings. The van der Waals surface area contributed by atoms with E-state index in [9.17, 15) is 9.59 Å². The van der Waals surface area contributed by atoms with Gasteiger partial charge >= 0.3 is 0 Å². The lowest BCUT2D eigenvalue weighted by Gasteiger charge is -2.02. The van der Waals surface area contributed by atoms with Crippen molar-refractivity contribution in [1.82, 2.24) is 14.6 Å².